The van der Waals surface area contributed by atoms with E-state index in [0.717, 1.165) is 12.6 Å². The maximum atomic E-state index is 14.2. The number of amides is 1. The molecule has 1 amide bonds. The Bertz CT molecular complexity index is 758. The summed E-state index contributed by atoms with van der Waals surface area (Å²) < 4.78 is 39.4. The van der Waals surface area contributed by atoms with E-state index in [-0.39, 0.29) is 10.5 Å². The summed E-state index contributed by atoms with van der Waals surface area (Å²) in [5.41, 5.74) is 1.01. The maximum absolute atomic E-state index is 14.2. The highest BCUT2D eigenvalue weighted by molar-refractivity contribution is 7.89. The number of hydrogen-bond acceptors (Lipinski definition) is 3. The van der Waals surface area contributed by atoms with E-state index >= 15 is 0 Å². The van der Waals surface area contributed by atoms with E-state index in [2.05, 4.69) is 0 Å². The summed E-state index contributed by atoms with van der Waals surface area (Å²) in [5.74, 6) is -1.12. The molecule has 6 heteroatoms. The van der Waals surface area contributed by atoms with Gasteiger partial charge in [0.1, 0.15) is 0 Å². The maximum Gasteiger partial charge on any atom is 0.275 e. The summed E-state index contributed by atoms with van der Waals surface area (Å²) in [6.45, 7) is 1.82. The van der Waals surface area contributed by atoms with Crippen molar-refractivity contribution in [3.8, 4) is 0 Å². The summed E-state index contributed by atoms with van der Waals surface area (Å²) in [6.07, 6.45) is -2.02. The number of nitrogens with zero attached hydrogens (tertiary/aromatic N) is 1. The molecule has 1 unspecified atom stereocenters. The molecule has 2 aromatic rings. The summed E-state index contributed by atoms with van der Waals surface area (Å²) in [7, 11) is -3.00. The summed E-state index contributed by atoms with van der Waals surface area (Å²) in [6, 6.07) is 13.8. The molecule has 0 radical (unpaired) electrons. The predicted molar refractivity (Wildman–Crippen MR) is 81.4 cm³/mol. The van der Waals surface area contributed by atoms with Crippen molar-refractivity contribution < 1.29 is 17.6 Å². The van der Waals surface area contributed by atoms with Gasteiger partial charge >= 0.3 is 0 Å². The molecule has 0 saturated heterocycles. The second kappa shape index (κ2) is 6.27. The van der Waals surface area contributed by atoms with E-state index < -0.39 is 22.1 Å². The Labute approximate surface area is 129 Å². The SMILES string of the molecule is Cc1ccc(S(=O)(=O)N(C)C(=O)C(F)c2ccccc2)cc1. The number of sulfonamides is 1. The van der Waals surface area contributed by atoms with Crippen molar-refractivity contribution in [3.63, 3.8) is 0 Å². The zero-order valence-corrected chi connectivity index (χ0v) is 13.0. The second-order valence-electron chi connectivity index (χ2n) is 4.90. The van der Waals surface area contributed by atoms with Crippen LogP contribution in [0.15, 0.2) is 59.5 Å². The van der Waals surface area contributed by atoms with Crippen LogP contribution in [0.2, 0.25) is 0 Å². The number of hydrogen-bond donors (Lipinski definition) is 0. The van der Waals surface area contributed by atoms with Crippen molar-refractivity contribution >= 4 is 15.9 Å². The molecule has 22 heavy (non-hydrogen) atoms. The van der Waals surface area contributed by atoms with Gasteiger partial charge in [-0.1, -0.05) is 48.0 Å². The van der Waals surface area contributed by atoms with Crippen molar-refractivity contribution in [2.24, 2.45) is 0 Å². The van der Waals surface area contributed by atoms with Crippen LogP contribution >= 0.6 is 0 Å². The molecule has 1 atom stereocenters. The van der Waals surface area contributed by atoms with Gasteiger partial charge in [-0.05, 0) is 24.6 Å². The highest BCUT2D eigenvalue weighted by atomic mass is 32.2. The van der Waals surface area contributed by atoms with Gasteiger partial charge in [-0.25, -0.2) is 17.1 Å². The number of carbonyl (C=O) groups is 1. The molecule has 0 aromatic heterocycles. The van der Waals surface area contributed by atoms with E-state index in [9.17, 15) is 17.6 Å². The Kier molecular flexibility index (Phi) is 4.61. The minimum atomic E-state index is -4.06. The van der Waals surface area contributed by atoms with E-state index in [1.807, 2.05) is 6.92 Å². The molecule has 0 aliphatic carbocycles. The van der Waals surface area contributed by atoms with Gasteiger partial charge in [-0.3, -0.25) is 4.79 Å². The molecule has 0 spiro atoms. The average Bonchev–Trinajstić information content (AvgIpc) is 2.54. The van der Waals surface area contributed by atoms with Crippen molar-refractivity contribution in [2.75, 3.05) is 7.05 Å². The normalized spacial score (nSPS) is 12.7. The standard InChI is InChI=1S/C16H16FNO3S/c1-12-8-10-14(11-9-12)22(20,21)18(2)16(19)15(17)13-6-4-3-5-7-13/h3-11,15H,1-2H3. The van der Waals surface area contributed by atoms with Crippen LogP contribution in [-0.4, -0.2) is 25.7 Å². The molecule has 116 valence electrons. The number of halogens is 1. The van der Waals surface area contributed by atoms with Gasteiger partial charge in [-0.15, -0.1) is 0 Å². The van der Waals surface area contributed by atoms with Gasteiger partial charge in [0, 0.05) is 7.05 Å². The average molecular weight is 321 g/mol. The van der Waals surface area contributed by atoms with E-state index in [1.54, 1.807) is 30.3 Å². The van der Waals surface area contributed by atoms with Crippen LogP contribution < -0.4 is 0 Å². The van der Waals surface area contributed by atoms with Crippen molar-refractivity contribution in [1.29, 1.82) is 0 Å². The van der Waals surface area contributed by atoms with Gasteiger partial charge in [-0.2, -0.15) is 0 Å². The Morgan fingerprint density at radius 3 is 2.14 bits per heavy atom. The molecular formula is C16H16FNO3S. The van der Waals surface area contributed by atoms with Crippen molar-refractivity contribution in [2.45, 2.75) is 18.0 Å². The predicted octanol–water partition coefficient (Wildman–Crippen LogP) is 2.85. The molecule has 0 heterocycles. The number of rotatable bonds is 4. The minimum absolute atomic E-state index is 0.0470. The third kappa shape index (κ3) is 3.17. The van der Waals surface area contributed by atoms with E-state index in [1.165, 1.54) is 24.3 Å². The fourth-order valence-electron chi connectivity index (χ4n) is 1.91. The first-order valence-electron chi connectivity index (χ1n) is 6.62. The first-order valence-corrected chi connectivity index (χ1v) is 8.06. The van der Waals surface area contributed by atoms with E-state index in [0.29, 0.717) is 4.31 Å². The molecule has 0 fully saturated rings. The third-order valence-electron chi connectivity index (χ3n) is 3.30. The quantitative estimate of drug-likeness (QED) is 0.870. The number of likely N-dealkylation sites (N-methyl/N-ethyl adjacent to an activating group) is 1. The largest absolute Gasteiger partial charge is 0.275 e. The number of benzene rings is 2. The van der Waals surface area contributed by atoms with Crippen LogP contribution in [0.5, 0.6) is 0 Å². The van der Waals surface area contributed by atoms with Gasteiger partial charge in [0.25, 0.3) is 15.9 Å². The third-order valence-corrected chi connectivity index (χ3v) is 5.07. The fourth-order valence-corrected chi connectivity index (χ4v) is 3.04. The Morgan fingerprint density at radius 1 is 1.05 bits per heavy atom. The lowest BCUT2D eigenvalue weighted by molar-refractivity contribution is -0.130. The van der Waals surface area contributed by atoms with Crippen molar-refractivity contribution in [3.05, 3.63) is 65.7 Å². The van der Waals surface area contributed by atoms with Gasteiger partial charge in [0.05, 0.1) is 4.90 Å². The van der Waals surface area contributed by atoms with Crippen LogP contribution in [0.25, 0.3) is 0 Å². The molecule has 0 aliphatic heterocycles. The lowest BCUT2D eigenvalue weighted by Gasteiger charge is -2.19. The molecule has 4 nitrogen and oxygen atoms in total. The molecule has 0 aliphatic rings. The molecule has 0 N–H and O–H groups in total. The second-order valence-corrected chi connectivity index (χ2v) is 6.87. The molecule has 0 saturated carbocycles. The molecule has 2 rings (SSSR count). The fraction of sp³-hybridized carbons (Fsp3) is 0.188. The highest BCUT2D eigenvalue weighted by Gasteiger charge is 2.31. The lowest BCUT2D eigenvalue weighted by Crippen LogP contribution is -2.35. The Morgan fingerprint density at radius 2 is 1.59 bits per heavy atom. The number of carbonyl (C=O) groups excluding carboxylic acids is 1. The lowest BCUT2D eigenvalue weighted by atomic mass is 10.1. The minimum Gasteiger partial charge on any atom is -0.270 e. The summed E-state index contributed by atoms with van der Waals surface area (Å²) in [4.78, 5) is 12.1. The highest BCUT2D eigenvalue weighted by Crippen LogP contribution is 2.23. The summed E-state index contributed by atoms with van der Waals surface area (Å²) in [5, 5.41) is 0. The smallest absolute Gasteiger partial charge is 0.270 e. The topological polar surface area (TPSA) is 54.5 Å². The number of alkyl halides is 1. The van der Waals surface area contributed by atoms with E-state index in [4.69, 9.17) is 0 Å². The van der Waals surface area contributed by atoms with Gasteiger partial charge in [0.15, 0.2) is 0 Å². The van der Waals surface area contributed by atoms with Crippen molar-refractivity contribution in [1.82, 2.24) is 4.31 Å². The zero-order chi connectivity index (χ0) is 16.3. The molecule has 2 aromatic carbocycles. The van der Waals surface area contributed by atoms with Gasteiger partial charge < -0.3 is 0 Å². The first-order chi connectivity index (χ1) is 10.3. The van der Waals surface area contributed by atoms with Gasteiger partial charge in [0.2, 0.25) is 6.17 Å². The Hall–Kier alpha value is -2.21. The van der Waals surface area contributed by atoms with Crippen LogP contribution in [0.4, 0.5) is 4.39 Å². The zero-order valence-electron chi connectivity index (χ0n) is 12.2. The van der Waals surface area contributed by atoms with Crippen LogP contribution in [-0.2, 0) is 14.8 Å². The van der Waals surface area contributed by atoms with Crippen LogP contribution in [0.3, 0.4) is 0 Å². The first kappa shape index (κ1) is 16.2. The van der Waals surface area contributed by atoms with Crippen LogP contribution in [0, 0.1) is 6.92 Å². The van der Waals surface area contributed by atoms with Crippen LogP contribution in [0.1, 0.15) is 17.3 Å². The summed E-state index contributed by atoms with van der Waals surface area (Å²) >= 11 is 0. The number of aryl methyl sites for hydroxylation is 1. The molecule has 0 bridgehead atoms. The molecular weight excluding hydrogens is 305 g/mol. The Balaban J connectivity index is 2.28. The monoisotopic (exact) mass is 321 g/mol.